The van der Waals surface area contributed by atoms with Crippen molar-refractivity contribution in [3.05, 3.63) is 17.5 Å². The molecule has 5 heteroatoms. The molecule has 5 nitrogen and oxygen atoms in total. The summed E-state index contributed by atoms with van der Waals surface area (Å²) in [4.78, 5) is 11.5. The maximum atomic E-state index is 11.5. The van der Waals surface area contributed by atoms with E-state index >= 15 is 0 Å². The van der Waals surface area contributed by atoms with E-state index in [1.807, 2.05) is 0 Å². The summed E-state index contributed by atoms with van der Waals surface area (Å²) >= 11 is 0. The van der Waals surface area contributed by atoms with Gasteiger partial charge in [-0.25, -0.2) is 0 Å². The van der Waals surface area contributed by atoms with Gasteiger partial charge in [0, 0.05) is 19.2 Å². The number of aromatic nitrogens is 1. The highest BCUT2D eigenvalue weighted by Gasteiger charge is 2.16. The lowest BCUT2D eigenvalue weighted by atomic mass is 10.2. The van der Waals surface area contributed by atoms with Crippen LogP contribution in [0.1, 0.15) is 24.3 Å². The standard InChI is InChI=1S/C11H16N2O3/c1-8-5-9(13-16-8)6-11(14)12-7-10-3-2-4-15-10/h5,10H,2-4,6-7H2,1H3,(H,12,14). The summed E-state index contributed by atoms with van der Waals surface area (Å²) < 4.78 is 10.3. The lowest BCUT2D eigenvalue weighted by Gasteiger charge is -2.09. The minimum atomic E-state index is -0.0381. The number of nitrogens with one attached hydrogen (secondary N) is 1. The predicted molar refractivity (Wildman–Crippen MR) is 56.9 cm³/mol. The minimum absolute atomic E-state index is 0.0381. The summed E-state index contributed by atoms with van der Waals surface area (Å²) in [5.74, 6) is 0.686. The van der Waals surface area contributed by atoms with Gasteiger partial charge in [-0.2, -0.15) is 0 Å². The van der Waals surface area contributed by atoms with Crippen LogP contribution in [0, 0.1) is 6.92 Å². The fourth-order valence-corrected chi connectivity index (χ4v) is 1.76. The maximum absolute atomic E-state index is 11.5. The zero-order chi connectivity index (χ0) is 11.4. The van der Waals surface area contributed by atoms with E-state index in [2.05, 4.69) is 10.5 Å². The first kappa shape index (κ1) is 11.1. The molecule has 1 saturated heterocycles. The highest BCUT2D eigenvalue weighted by Crippen LogP contribution is 2.10. The number of rotatable bonds is 4. The van der Waals surface area contributed by atoms with Crippen LogP contribution >= 0.6 is 0 Å². The van der Waals surface area contributed by atoms with Crippen molar-refractivity contribution in [3.8, 4) is 0 Å². The van der Waals surface area contributed by atoms with E-state index in [1.165, 1.54) is 0 Å². The van der Waals surface area contributed by atoms with E-state index in [1.54, 1.807) is 13.0 Å². The SMILES string of the molecule is Cc1cc(CC(=O)NCC2CCCO2)no1. The number of hydrogen-bond donors (Lipinski definition) is 1. The summed E-state index contributed by atoms with van der Waals surface area (Å²) in [5.41, 5.74) is 0.669. The Kier molecular flexibility index (Phi) is 3.56. The Morgan fingerprint density at radius 2 is 2.56 bits per heavy atom. The van der Waals surface area contributed by atoms with Gasteiger partial charge in [-0.05, 0) is 19.8 Å². The molecule has 1 fully saturated rings. The second-order valence-corrected chi connectivity index (χ2v) is 4.04. The van der Waals surface area contributed by atoms with Gasteiger partial charge in [0.05, 0.1) is 18.2 Å². The Balaban J connectivity index is 1.71. The van der Waals surface area contributed by atoms with Crippen LogP contribution in [-0.2, 0) is 16.0 Å². The molecule has 1 aliphatic rings. The molecule has 1 unspecified atom stereocenters. The van der Waals surface area contributed by atoms with Crippen LogP contribution in [0.15, 0.2) is 10.6 Å². The number of carbonyl (C=O) groups excluding carboxylic acids is 1. The fourth-order valence-electron chi connectivity index (χ4n) is 1.76. The molecule has 1 N–H and O–H groups in total. The van der Waals surface area contributed by atoms with Crippen molar-refractivity contribution in [2.75, 3.05) is 13.2 Å². The third kappa shape index (κ3) is 3.06. The van der Waals surface area contributed by atoms with Crippen LogP contribution in [-0.4, -0.2) is 30.3 Å². The number of aryl methyl sites for hydroxylation is 1. The molecule has 0 spiro atoms. The number of amides is 1. The van der Waals surface area contributed by atoms with E-state index in [4.69, 9.17) is 9.26 Å². The first-order chi connectivity index (χ1) is 7.74. The maximum Gasteiger partial charge on any atom is 0.226 e. The van der Waals surface area contributed by atoms with Gasteiger partial charge in [0.2, 0.25) is 5.91 Å². The quantitative estimate of drug-likeness (QED) is 0.822. The molecular weight excluding hydrogens is 208 g/mol. The van der Waals surface area contributed by atoms with Crippen molar-refractivity contribution in [2.24, 2.45) is 0 Å². The van der Waals surface area contributed by atoms with Gasteiger partial charge in [0.25, 0.3) is 0 Å². The molecule has 0 bridgehead atoms. The van der Waals surface area contributed by atoms with Crippen molar-refractivity contribution < 1.29 is 14.1 Å². The van der Waals surface area contributed by atoms with Crippen molar-refractivity contribution >= 4 is 5.91 Å². The van der Waals surface area contributed by atoms with Gasteiger partial charge in [0.15, 0.2) is 0 Å². The van der Waals surface area contributed by atoms with Gasteiger partial charge in [-0.1, -0.05) is 5.16 Å². The number of carbonyl (C=O) groups is 1. The molecule has 0 aromatic carbocycles. The van der Waals surface area contributed by atoms with Crippen molar-refractivity contribution in [2.45, 2.75) is 32.3 Å². The average Bonchev–Trinajstić information content (AvgIpc) is 2.87. The largest absolute Gasteiger partial charge is 0.376 e. The van der Waals surface area contributed by atoms with Crippen LogP contribution < -0.4 is 5.32 Å². The average molecular weight is 224 g/mol. The van der Waals surface area contributed by atoms with Crippen LogP contribution in [0.3, 0.4) is 0 Å². The summed E-state index contributed by atoms with van der Waals surface area (Å²) in [7, 11) is 0. The van der Waals surface area contributed by atoms with E-state index in [-0.39, 0.29) is 18.4 Å². The molecule has 2 heterocycles. The molecule has 2 rings (SSSR count). The van der Waals surface area contributed by atoms with Crippen molar-refractivity contribution in [3.63, 3.8) is 0 Å². The molecule has 16 heavy (non-hydrogen) atoms. The van der Waals surface area contributed by atoms with Crippen LogP contribution in [0.2, 0.25) is 0 Å². The predicted octanol–water partition coefficient (Wildman–Crippen LogP) is 0.821. The summed E-state index contributed by atoms with van der Waals surface area (Å²) in [6, 6.07) is 1.77. The molecule has 0 saturated carbocycles. The minimum Gasteiger partial charge on any atom is -0.376 e. The highest BCUT2D eigenvalue weighted by molar-refractivity contribution is 5.78. The van der Waals surface area contributed by atoms with Gasteiger partial charge in [-0.3, -0.25) is 4.79 Å². The Bertz CT molecular complexity index is 356. The number of hydrogen-bond acceptors (Lipinski definition) is 4. The summed E-state index contributed by atoms with van der Waals surface area (Å²) in [5, 5.41) is 6.61. The fraction of sp³-hybridized carbons (Fsp3) is 0.636. The van der Waals surface area contributed by atoms with Crippen molar-refractivity contribution in [1.82, 2.24) is 10.5 Å². The van der Waals surface area contributed by atoms with E-state index in [0.29, 0.717) is 12.2 Å². The zero-order valence-electron chi connectivity index (χ0n) is 9.36. The molecule has 0 aliphatic carbocycles. The molecular formula is C11H16N2O3. The lowest BCUT2D eigenvalue weighted by Crippen LogP contribution is -2.32. The normalized spacial score (nSPS) is 19.9. The topological polar surface area (TPSA) is 64.4 Å². The molecule has 1 aromatic rings. The van der Waals surface area contributed by atoms with Crippen LogP contribution in [0.5, 0.6) is 0 Å². The van der Waals surface area contributed by atoms with E-state index in [9.17, 15) is 4.79 Å². The van der Waals surface area contributed by atoms with E-state index in [0.717, 1.165) is 25.2 Å². The number of ether oxygens (including phenoxy) is 1. The molecule has 1 amide bonds. The van der Waals surface area contributed by atoms with Gasteiger partial charge in [-0.15, -0.1) is 0 Å². The molecule has 1 atom stereocenters. The lowest BCUT2D eigenvalue weighted by molar-refractivity contribution is -0.121. The first-order valence-electron chi connectivity index (χ1n) is 5.54. The van der Waals surface area contributed by atoms with Gasteiger partial charge >= 0.3 is 0 Å². The first-order valence-corrected chi connectivity index (χ1v) is 5.54. The third-order valence-corrected chi connectivity index (χ3v) is 2.57. The third-order valence-electron chi connectivity index (χ3n) is 2.57. The monoisotopic (exact) mass is 224 g/mol. The Morgan fingerprint density at radius 1 is 1.69 bits per heavy atom. The second kappa shape index (κ2) is 5.12. The van der Waals surface area contributed by atoms with Gasteiger partial charge in [0.1, 0.15) is 5.76 Å². The number of nitrogens with zero attached hydrogens (tertiary/aromatic N) is 1. The zero-order valence-corrected chi connectivity index (χ0v) is 9.36. The van der Waals surface area contributed by atoms with Crippen LogP contribution in [0.25, 0.3) is 0 Å². The van der Waals surface area contributed by atoms with Gasteiger partial charge < -0.3 is 14.6 Å². The Morgan fingerprint density at radius 3 is 3.19 bits per heavy atom. The van der Waals surface area contributed by atoms with Crippen molar-refractivity contribution in [1.29, 1.82) is 0 Å². The molecule has 1 aromatic heterocycles. The Labute approximate surface area is 94.1 Å². The second-order valence-electron chi connectivity index (χ2n) is 4.04. The summed E-state index contributed by atoms with van der Waals surface area (Å²) in [6.07, 6.45) is 2.57. The summed E-state index contributed by atoms with van der Waals surface area (Å²) in [6.45, 7) is 3.21. The Hall–Kier alpha value is -1.36. The van der Waals surface area contributed by atoms with E-state index < -0.39 is 0 Å². The highest BCUT2D eigenvalue weighted by atomic mass is 16.5. The van der Waals surface area contributed by atoms with Crippen LogP contribution in [0.4, 0.5) is 0 Å². The smallest absolute Gasteiger partial charge is 0.226 e. The molecule has 88 valence electrons. The molecule has 1 aliphatic heterocycles. The molecule has 0 radical (unpaired) electrons.